The molecule has 4 heteroatoms. The molecule has 0 aromatic heterocycles. The second kappa shape index (κ2) is 9.62. The average molecular weight is 291 g/mol. The zero-order valence-electron chi connectivity index (χ0n) is 10.8. The van der Waals surface area contributed by atoms with E-state index in [4.69, 9.17) is 5.73 Å². The van der Waals surface area contributed by atoms with Gasteiger partial charge in [0.05, 0.1) is 0 Å². The van der Waals surface area contributed by atoms with E-state index in [0.29, 0.717) is 6.04 Å². The zero-order valence-corrected chi connectivity index (χ0v) is 12.4. The van der Waals surface area contributed by atoms with Gasteiger partial charge in [0, 0.05) is 6.04 Å². The van der Waals surface area contributed by atoms with Crippen molar-refractivity contribution in [3.05, 3.63) is 35.9 Å². The Morgan fingerprint density at radius 2 is 1.67 bits per heavy atom. The fourth-order valence-corrected chi connectivity index (χ4v) is 2.60. The lowest BCUT2D eigenvalue weighted by molar-refractivity contribution is 0.231. The lowest BCUT2D eigenvalue weighted by atomic mass is 10.0. The summed E-state index contributed by atoms with van der Waals surface area (Å²) in [5.41, 5.74) is 7.09. The monoisotopic (exact) mass is 290 g/mol. The number of benzene rings is 1. The highest BCUT2D eigenvalue weighted by Gasteiger charge is 2.22. The van der Waals surface area contributed by atoms with Crippen LogP contribution in [-0.4, -0.2) is 24.5 Å². The molecular formula is C14H24Cl2N2. The maximum absolute atomic E-state index is 5.64. The van der Waals surface area contributed by atoms with Crippen LogP contribution in [0.5, 0.6) is 0 Å². The van der Waals surface area contributed by atoms with Gasteiger partial charge < -0.3 is 5.73 Å². The van der Waals surface area contributed by atoms with Crippen molar-refractivity contribution in [3.63, 3.8) is 0 Å². The van der Waals surface area contributed by atoms with Crippen molar-refractivity contribution in [3.8, 4) is 0 Å². The van der Waals surface area contributed by atoms with Gasteiger partial charge >= 0.3 is 0 Å². The van der Waals surface area contributed by atoms with Gasteiger partial charge in [-0.2, -0.15) is 0 Å². The topological polar surface area (TPSA) is 29.3 Å². The highest BCUT2D eigenvalue weighted by atomic mass is 35.5. The summed E-state index contributed by atoms with van der Waals surface area (Å²) in [7, 11) is 0. The van der Waals surface area contributed by atoms with E-state index in [-0.39, 0.29) is 24.8 Å². The van der Waals surface area contributed by atoms with E-state index >= 15 is 0 Å². The Morgan fingerprint density at radius 3 is 2.22 bits per heavy atom. The quantitative estimate of drug-likeness (QED) is 0.901. The number of nitrogens with two attached hydrogens (primary N) is 1. The molecule has 1 heterocycles. The summed E-state index contributed by atoms with van der Waals surface area (Å²) >= 11 is 0. The van der Waals surface area contributed by atoms with Crippen LogP contribution in [-0.2, 0) is 0 Å². The molecule has 104 valence electrons. The van der Waals surface area contributed by atoms with E-state index in [9.17, 15) is 0 Å². The Kier molecular flexibility index (Phi) is 9.47. The van der Waals surface area contributed by atoms with Crippen LogP contribution in [0.25, 0.3) is 0 Å². The molecule has 1 aromatic carbocycles. The summed E-state index contributed by atoms with van der Waals surface area (Å²) in [5.74, 6) is 0. The van der Waals surface area contributed by atoms with E-state index in [1.807, 2.05) is 0 Å². The molecule has 0 spiro atoms. The Labute approximate surface area is 123 Å². The van der Waals surface area contributed by atoms with E-state index < -0.39 is 0 Å². The van der Waals surface area contributed by atoms with E-state index in [1.54, 1.807) is 0 Å². The first kappa shape index (κ1) is 17.7. The van der Waals surface area contributed by atoms with Crippen molar-refractivity contribution in [2.45, 2.75) is 31.7 Å². The fourth-order valence-electron chi connectivity index (χ4n) is 2.60. The van der Waals surface area contributed by atoms with Crippen LogP contribution in [0.4, 0.5) is 0 Å². The van der Waals surface area contributed by atoms with Gasteiger partial charge in [0.25, 0.3) is 0 Å². The molecule has 1 fully saturated rings. The number of halogens is 2. The molecule has 1 atom stereocenters. The van der Waals surface area contributed by atoms with Gasteiger partial charge in [0.15, 0.2) is 0 Å². The van der Waals surface area contributed by atoms with Crippen LogP contribution in [0.1, 0.15) is 37.3 Å². The third kappa shape index (κ3) is 4.77. The van der Waals surface area contributed by atoms with Crippen LogP contribution >= 0.6 is 24.8 Å². The predicted octanol–water partition coefficient (Wildman–Crippen LogP) is 3.41. The molecule has 1 aliphatic rings. The van der Waals surface area contributed by atoms with Crippen molar-refractivity contribution in [1.82, 2.24) is 4.90 Å². The highest BCUT2D eigenvalue weighted by Crippen LogP contribution is 2.28. The summed E-state index contributed by atoms with van der Waals surface area (Å²) in [6.45, 7) is 3.31. The molecular weight excluding hydrogens is 267 g/mol. The third-order valence-electron chi connectivity index (χ3n) is 3.45. The van der Waals surface area contributed by atoms with Crippen molar-refractivity contribution >= 4 is 24.8 Å². The number of likely N-dealkylation sites (tertiary alicyclic amines) is 1. The first-order valence-corrected chi connectivity index (χ1v) is 6.41. The summed E-state index contributed by atoms with van der Waals surface area (Å²) < 4.78 is 0. The molecule has 1 aliphatic heterocycles. The summed E-state index contributed by atoms with van der Waals surface area (Å²) in [5, 5.41) is 0. The van der Waals surface area contributed by atoms with Gasteiger partial charge in [-0.15, -0.1) is 24.8 Å². The van der Waals surface area contributed by atoms with Gasteiger partial charge in [-0.3, -0.25) is 4.90 Å². The van der Waals surface area contributed by atoms with Crippen LogP contribution in [0.3, 0.4) is 0 Å². The molecule has 0 amide bonds. The molecule has 1 unspecified atom stereocenters. The predicted molar refractivity (Wildman–Crippen MR) is 82.8 cm³/mol. The minimum Gasteiger partial charge on any atom is -0.330 e. The normalized spacial score (nSPS) is 16.7. The Hall–Kier alpha value is -0.280. The van der Waals surface area contributed by atoms with Crippen LogP contribution in [0, 0.1) is 0 Å². The largest absolute Gasteiger partial charge is 0.330 e. The molecule has 2 rings (SSSR count). The standard InChI is InChI=1S/C14H22N2.2ClH/c15-10-6-9-14(16-11-4-5-12-16)13-7-2-1-3-8-13;;/h1-3,7-8,14H,4-6,9-12,15H2;2*1H. The van der Waals surface area contributed by atoms with Gasteiger partial charge in [0.1, 0.15) is 0 Å². The molecule has 0 aliphatic carbocycles. The zero-order chi connectivity index (χ0) is 11.2. The summed E-state index contributed by atoms with van der Waals surface area (Å²) in [6.07, 6.45) is 5.02. The van der Waals surface area contributed by atoms with Gasteiger partial charge in [-0.1, -0.05) is 30.3 Å². The Bertz CT molecular complexity index is 300. The van der Waals surface area contributed by atoms with E-state index in [1.165, 1.54) is 37.9 Å². The number of hydrogen-bond donors (Lipinski definition) is 1. The first-order valence-electron chi connectivity index (χ1n) is 6.41. The second-order valence-corrected chi connectivity index (χ2v) is 4.60. The minimum atomic E-state index is 0. The van der Waals surface area contributed by atoms with Crippen molar-refractivity contribution in [2.24, 2.45) is 5.73 Å². The third-order valence-corrected chi connectivity index (χ3v) is 3.45. The fraction of sp³-hybridized carbons (Fsp3) is 0.571. The Balaban J connectivity index is 0.00000144. The van der Waals surface area contributed by atoms with Crippen molar-refractivity contribution in [1.29, 1.82) is 0 Å². The van der Waals surface area contributed by atoms with Crippen molar-refractivity contribution < 1.29 is 0 Å². The molecule has 0 saturated carbocycles. The van der Waals surface area contributed by atoms with Crippen molar-refractivity contribution in [2.75, 3.05) is 19.6 Å². The average Bonchev–Trinajstić information content (AvgIpc) is 2.85. The Morgan fingerprint density at radius 1 is 1.06 bits per heavy atom. The molecule has 2 N–H and O–H groups in total. The van der Waals surface area contributed by atoms with E-state index in [0.717, 1.165) is 13.0 Å². The van der Waals surface area contributed by atoms with Gasteiger partial charge in [-0.25, -0.2) is 0 Å². The summed E-state index contributed by atoms with van der Waals surface area (Å²) in [4.78, 5) is 2.62. The maximum Gasteiger partial charge on any atom is 0.0348 e. The van der Waals surface area contributed by atoms with Gasteiger partial charge in [0.2, 0.25) is 0 Å². The highest BCUT2D eigenvalue weighted by molar-refractivity contribution is 5.85. The molecule has 0 bridgehead atoms. The van der Waals surface area contributed by atoms with Gasteiger partial charge in [-0.05, 0) is 50.9 Å². The smallest absolute Gasteiger partial charge is 0.0348 e. The first-order chi connectivity index (χ1) is 7.92. The lowest BCUT2D eigenvalue weighted by Gasteiger charge is -2.27. The molecule has 2 nitrogen and oxygen atoms in total. The SMILES string of the molecule is Cl.Cl.NCCCC(c1ccccc1)N1CCCC1. The molecule has 18 heavy (non-hydrogen) atoms. The van der Waals surface area contributed by atoms with Crippen LogP contribution in [0.2, 0.25) is 0 Å². The minimum absolute atomic E-state index is 0. The molecule has 1 aromatic rings. The molecule has 1 saturated heterocycles. The maximum atomic E-state index is 5.64. The lowest BCUT2D eigenvalue weighted by Crippen LogP contribution is -2.26. The van der Waals surface area contributed by atoms with Crippen LogP contribution in [0.15, 0.2) is 30.3 Å². The van der Waals surface area contributed by atoms with E-state index in [2.05, 4.69) is 35.2 Å². The summed E-state index contributed by atoms with van der Waals surface area (Å²) in [6, 6.07) is 11.5. The number of rotatable bonds is 5. The number of nitrogens with zero attached hydrogens (tertiary/aromatic N) is 1. The number of hydrogen-bond acceptors (Lipinski definition) is 2. The second-order valence-electron chi connectivity index (χ2n) is 4.60. The molecule has 0 radical (unpaired) electrons. The van der Waals surface area contributed by atoms with Crippen LogP contribution < -0.4 is 5.73 Å².